The van der Waals surface area contributed by atoms with E-state index >= 15 is 0 Å². The quantitative estimate of drug-likeness (QED) is 0.932. The Morgan fingerprint density at radius 2 is 2.00 bits per heavy atom. The van der Waals surface area contributed by atoms with E-state index in [4.69, 9.17) is 0 Å². The first kappa shape index (κ1) is 13.5. The fraction of sp³-hybridized carbons (Fsp3) is 0.214. The molecule has 1 heterocycles. The Balaban J connectivity index is 2.20. The predicted octanol–water partition coefficient (Wildman–Crippen LogP) is 2.66. The van der Waals surface area contributed by atoms with Crippen molar-refractivity contribution in [1.82, 2.24) is 4.98 Å². The highest BCUT2D eigenvalue weighted by molar-refractivity contribution is 7.90. The number of benzene rings is 1. The van der Waals surface area contributed by atoms with Gasteiger partial charge in [-0.25, -0.2) is 8.42 Å². The molecule has 0 aliphatic carbocycles. The molecule has 0 spiro atoms. The fourth-order valence-electron chi connectivity index (χ4n) is 1.78. The molecule has 2 rings (SSSR count). The third-order valence-electron chi connectivity index (χ3n) is 2.83. The highest BCUT2D eigenvalue weighted by Crippen LogP contribution is 2.21. The molecule has 0 bridgehead atoms. The van der Waals surface area contributed by atoms with E-state index in [1.165, 1.54) is 6.26 Å². The van der Waals surface area contributed by atoms with Crippen LogP contribution >= 0.6 is 0 Å². The highest BCUT2D eigenvalue weighted by Gasteiger charge is 2.09. The summed E-state index contributed by atoms with van der Waals surface area (Å²) in [6.45, 7) is 2.00. The number of aromatic nitrogens is 1. The van der Waals surface area contributed by atoms with Crippen molar-refractivity contribution in [3.8, 4) is 0 Å². The van der Waals surface area contributed by atoms with Gasteiger partial charge in [-0.15, -0.1) is 0 Å². The molecule has 100 valence electrons. The van der Waals surface area contributed by atoms with Crippen LogP contribution in [-0.4, -0.2) is 19.7 Å². The maximum atomic E-state index is 11.5. The van der Waals surface area contributed by atoms with Crippen LogP contribution < -0.4 is 5.32 Å². The average Bonchev–Trinajstić information content (AvgIpc) is 2.39. The molecule has 0 radical (unpaired) electrons. The van der Waals surface area contributed by atoms with E-state index in [-0.39, 0.29) is 6.04 Å². The molecule has 0 saturated carbocycles. The van der Waals surface area contributed by atoms with Gasteiger partial charge < -0.3 is 5.32 Å². The molecule has 1 aromatic carbocycles. The molecular weight excluding hydrogens is 260 g/mol. The molecule has 0 aliphatic heterocycles. The SMILES string of the molecule is CC(Nc1cccc(S(C)(=O)=O)c1)c1cccnc1. The maximum absolute atomic E-state index is 11.5. The van der Waals surface area contributed by atoms with E-state index in [0.717, 1.165) is 11.3 Å². The van der Waals surface area contributed by atoms with E-state index in [1.54, 1.807) is 30.6 Å². The molecule has 0 fully saturated rings. The Kier molecular flexibility index (Phi) is 3.85. The summed E-state index contributed by atoms with van der Waals surface area (Å²) >= 11 is 0. The summed E-state index contributed by atoms with van der Waals surface area (Å²) in [4.78, 5) is 4.38. The molecule has 19 heavy (non-hydrogen) atoms. The van der Waals surface area contributed by atoms with Crippen molar-refractivity contribution in [2.24, 2.45) is 0 Å². The van der Waals surface area contributed by atoms with Crippen molar-refractivity contribution in [2.75, 3.05) is 11.6 Å². The molecule has 0 amide bonds. The Morgan fingerprint density at radius 1 is 1.21 bits per heavy atom. The van der Waals surface area contributed by atoms with Crippen molar-refractivity contribution in [3.05, 3.63) is 54.4 Å². The molecular formula is C14H16N2O2S. The van der Waals surface area contributed by atoms with Gasteiger partial charge in [-0.2, -0.15) is 0 Å². The van der Waals surface area contributed by atoms with Crippen LogP contribution in [-0.2, 0) is 9.84 Å². The van der Waals surface area contributed by atoms with Gasteiger partial charge in [0.05, 0.1) is 10.9 Å². The summed E-state index contributed by atoms with van der Waals surface area (Å²) in [5.74, 6) is 0. The van der Waals surface area contributed by atoms with Gasteiger partial charge in [0.2, 0.25) is 0 Å². The van der Waals surface area contributed by atoms with Crippen LogP contribution in [0.3, 0.4) is 0 Å². The van der Waals surface area contributed by atoms with E-state index in [0.29, 0.717) is 4.90 Å². The number of sulfone groups is 1. The molecule has 1 aromatic heterocycles. The van der Waals surface area contributed by atoms with Crippen molar-refractivity contribution >= 4 is 15.5 Å². The zero-order chi connectivity index (χ0) is 13.9. The van der Waals surface area contributed by atoms with Gasteiger partial charge in [0, 0.05) is 24.3 Å². The molecule has 0 aliphatic rings. The lowest BCUT2D eigenvalue weighted by Crippen LogP contribution is -2.07. The third kappa shape index (κ3) is 3.54. The van der Waals surface area contributed by atoms with E-state index in [1.807, 2.05) is 25.1 Å². The van der Waals surface area contributed by atoms with E-state index in [2.05, 4.69) is 10.3 Å². The molecule has 0 saturated heterocycles. The van der Waals surface area contributed by atoms with Crippen LogP contribution in [0.15, 0.2) is 53.7 Å². The summed E-state index contributed by atoms with van der Waals surface area (Å²) in [5, 5.41) is 3.27. The number of nitrogens with zero attached hydrogens (tertiary/aromatic N) is 1. The largest absolute Gasteiger partial charge is 0.378 e. The summed E-state index contributed by atoms with van der Waals surface area (Å²) in [6.07, 6.45) is 4.72. The van der Waals surface area contributed by atoms with Crippen molar-refractivity contribution in [1.29, 1.82) is 0 Å². The van der Waals surface area contributed by atoms with Crippen LogP contribution in [0.4, 0.5) is 5.69 Å². The van der Waals surface area contributed by atoms with E-state index in [9.17, 15) is 8.42 Å². The number of nitrogens with one attached hydrogen (secondary N) is 1. The lowest BCUT2D eigenvalue weighted by atomic mass is 10.1. The number of hydrogen-bond acceptors (Lipinski definition) is 4. The second-order valence-electron chi connectivity index (χ2n) is 4.45. The van der Waals surface area contributed by atoms with Gasteiger partial charge in [-0.1, -0.05) is 12.1 Å². The van der Waals surface area contributed by atoms with Crippen LogP contribution in [0.1, 0.15) is 18.5 Å². The minimum atomic E-state index is -3.18. The first-order valence-corrected chi connectivity index (χ1v) is 7.82. The number of rotatable bonds is 4. The van der Waals surface area contributed by atoms with Gasteiger partial charge in [0.1, 0.15) is 0 Å². The number of anilines is 1. The minimum absolute atomic E-state index is 0.0588. The third-order valence-corrected chi connectivity index (χ3v) is 3.94. The minimum Gasteiger partial charge on any atom is -0.378 e. The monoisotopic (exact) mass is 276 g/mol. The lowest BCUT2D eigenvalue weighted by Gasteiger charge is -2.15. The standard InChI is InChI=1S/C14H16N2O2S/c1-11(12-5-4-8-15-10-12)16-13-6-3-7-14(9-13)19(2,17)18/h3-11,16H,1-2H3. The topological polar surface area (TPSA) is 59.1 Å². The lowest BCUT2D eigenvalue weighted by molar-refractivity contribution is 0.602. The first-order chi connectivity index (χ1) is 8.97. The summed E-state index contributed by atoms with van der Waals surface area (Å²) in [6, 6.07) is 10.7. The molecule has 1 unspecified atom stereocenters. The second kappa shape index (κ2) is 5.40. The Morgan fingerprint density at radius 3 is 2.63 bits per heavy atom. The summed E-state index contributed by atoms with van der Waals surface area (Å²) in [5.41, 5.74) is 1.83. The molecule has 4 nitrogen and oxygen atoms in total. The number of pyridine rings is 1. The van der Waals surface area contributed by atoms with Crippen molar-refractivity contribution in [2.45, 2.75) is 17.9 Å². The summed E-state index contributed by atoms with van der Waals surface area (Å²) < 4.78 is 23.0. The van der Waals surface area contributed by atoms with Gasteiger partial charge in [0.25, 0.3) is 0 Å². The fourth-order valence-corrected chi connectivity index (χ4v) is 2.45. The highest BCUT2D eigenvalue weighted by atomic mass is 32.2. The van der Waals surface area contributed by atoms with Crippen LogP contribution in [0.2, 0.25) is 0 Å². The smallest absolute Gasteiger partial charge is 0.175 e. The van der Waals surface area contributed by atoms with Gasteiger partial charge in [-0.3, -0.25) is 4.98 Å². The van der Waals surface area contributed by atoms with E-state index < -0.39 is 9.84 Å². The van der Waals surface area contributed by atoms with Gasteiger partial charge in [-0.05, 0) is 36.8 Å². The second-order valence-corrected chi connectivity index (χ2v) is 6.47. The Labute approximate surface area is 113 Å². The summed E-state index contributed by atoms with van der Waals surface area (Å²) in [7, 11) is -3.18. The maximum Gasteiger partial charge on any atom is 0.175 e. The first-order valence-electron chi connectivity index (χ1n) is 5.93. The van der Waals surface area contributed by atoms with Crippen molar-refractivity contribution < 1.29 is 8.42 Å². The molecule has 1 N–H and O–H groups in total. The normalized spacial score (nSPS) is 12.9. The Hall–Kier alpha value is -1.88. The van der Waals surface area contributed by atoms with Gasteiger partial charge >= 0.3 is 0 Å². The Bertz CT molecular complexity index is 654. The van der Waals surface area contributed by atoms with Gasteiger partial charge in [0.15, 0.2) is 9.84 Å². The molecule has 2 aromatic rings. The van der Waals surface area contributed by atoms with Crippen molar-refractivity contribution in [3.63, 3.8) is 0 Å². The predicted molar refractivity (Wildman–Crippen MR) is 75.8 cm³/mol. The zero-order valence-electron chi connectivity index (χ0n) is 10.9. The zero-order valence-corrected chi connectivity index (χ0v) is 11.7. The van der Waals surface area contributed by atoms with Crippen LogP contribution in [0, 0.1) is 0 Å². The average molecular weight is 276 g/mol. The number of hydrogen-bond donors (Lipinski definition) is 1. The van der Waals surface area contributed by atoms with Crippen LogP contribution in [0.5, 0.6) is 0 Å². The molecule has 1 atom stereocenters. The molecule has 5 heteroatoms. The van der Waals surface area contributed by atoms with Crippen LogP contribution in [0.25, 0.3) is 0 Å².